The van der Waals surface area contributed by atoms with Gasteiger partial charge in [-0.3, -0.25) is 9.59 Å². The van der Waals surface area contributed by atoms with Gasteiger partial charge in [0.05, 0.1) is 0 Å². The lowest BCUT2D eigenvalue weighted by Crippen LogP contribution is -2.61. The highest BCUT2D eigenvalue weighted by molar-refractivity contribution is 6.35. The summed E-state index contributed by atoms with van der Waals surface area (Å²) in [4.78, 5) is 24.5. The van der Waals surface area contributed by atoms with Gasteiger partial charge in [0.2, 0.25) is 0 Å². The largest absolute Gasteiger partial charge is 0.348 e. The smallest absolute Gasteiger partial charge is 0.309 e. The Morgan fingerprint density at radius 1 is 0.960 bits per heavy atom. The first kappa shape index (κ1) is 16.6. The molecule has 4 aliphatic rings. The van der Waals surface area contributed by atoms with E-state index in [4.69, 9.17) is 0 Å². The van der Waals surface area contributed by atoms with Crippen molar-refractivity contribution in [1.82, 2.24) is 10.6 Å². The predicted molar refractivity (Wildman–Crippen MR) is 92.2 cm³/mol. The number of nitrogens with one attached hydrogen (secondary N) is 2. The minimum Gasteiger partial charge on any atom is -0.348 e. The molecule has 1 aromatic rings. The van der Waals surface area contributed by atoms with Crippen molar-refractivity contribution >= 4 is 11.8 Å². The molecule has 4 bridgehead atoms. The van der Waals surface area contributed by atoms with Crippen LogP contribution >= 0.6 is 0 Å². The summed E-state index contributed by atoms with van der Waals surface area (Å²) in [6, 6.07) is 6.18. The second kappa shape index (κ2) is 6.43. The lowest BCUT2D eigenvalue weighted by atomic mass is 9.53. The highest BCUT2D eigenvalue weighted by atomic mass is 19.1. The van der Waals surface area contributed by atoms with Gasteiger partial charge in [-0.1, -0.05) is 12.1 Å². The molecule has 2 N–H and O–H groups in total. The first-order valence-corrected chi connectivity index (χ1v) is 9.36. The molecule has 0 spiro atoms. The molecule has 0 aromatic heterocycles. The number of benzene rings is 1. The first-order chi connectivity index (χ1) is 12.0. The molecule has 0 heterocycles. The van der Waals surface area contributed by atoms with E-state index in [-0.39, 0.29) is 11.4 Å². The van der Waals surface area contributed by atoms with Crippen LogP contribution in [0.1, 0.15) is 44.1 Å². The van der Waals surface area contributed by atoms with Gasteiger partial charge in [-0.15, -0.1) is 0 Å². The Morgan fingerprint density at radius 3 is 2.08 bits per heavy atom. The molecular weight excluding hydrogens is 319 g/mol. The number of hydrogen-bond donors (Lipinski definition) is 2. The summed E-state index contributed by atoms with van der Waals surface area (Å²) in [6.45, 7) is 0.374. The number of amides is 2. The second-order valence-electron chi connectivity index (χ2n) is 8.28. The van der Waals surface area contributed by atoms with E-state index in [1.165, 1.54) is 31.4 Å². The fourth-order valence-corrected chi connectivity index (χ4v) is 5.61. The number of rotatable bonds is 4. The van der Waals surface area contributed by atoms with E-state index >= 15 is 0 Å². The monoisotopic (exact) mass is 344 g/mol. The van der Waals surface area contributed by atoms with Crippen LogP contribution in [0.25, 0.3) is 0 Å². The number of halogens is 1. The van der Waals surface area contributed by atoms with Crippen molar-refractivity contribution in [3.05, 3.63) is 35.6 Å². The van der Waals surface area contributed by atoms with Crippen LogP contribution in [0, 0.1) is 23.6 Å². The van der Waals surface area contributed by atoms with Gasteiger partial charge >= 0.3 is 11.8 Å². The van der Waals surface area contributed by atoms with Crippen LogP contribution in [-0.4, -0.2) is 23.9 Å². The summed E-state index contributed by atoms with van der Waals surface area (Å²) in [5, 5.41) is 5.76. The lowest BCUT2D eigenvalue weighted by molar-refractivity contribution is -0.142. The molecular formula is C20H25FN2O2. The van der Waals surface area contributed by atoms with Crippen molar-refractivity contribution in [3.8, 4) is 0 Å². The molecule has 0 radical (unpaired) electrons. The normalized spacial score (nSPS) is 32.4. The maximum Gasteiger partial charge on any atom is 0.309 e. The standard InChI is InChI=1S/C20H25FN2O2/c21-17-3-1-13(2-4-17)5-6-22-18(24)19(25)23-20-10-14-7-15(11-20)9-16(8-14)12-20/h1-4,14-16H,5-12H2,(H,22,24)(H,23,25). The van der Waals surface area contributed by atoms with Gasteiger partial charge in [-0.25, -0.2) is 4.39 Å². The fraction of sp³-hybridized carbons (Fsp3) is 0.600. The first-order valence-electron chi connectivity index (χ1n) is 9.36. The van der Waals surface area contributed by atoms with E-state index < -0.39 is 11.8 Å². The van der Waals surface area contributed by atoms with Gasteiger partial charge in [-0.2, -0.15) is 0 Å². The SMILES string of the molecule is O=C(NCCc1ccc(F)cc1)C(=O)NC12CC3CC(CC(C3)C1)C2. The average Bonchev–Trinajstić information content (AvgIpc) is 2.55. The van der Waals surface area contributed by atoms with Crippen LogP contribution in [-0.2, 0) is 16.0 Å². The van der Waals surface area contributed by atoms with Crippen LogP contribution in [0.2, 0.25) is 0 Å². The topological polar surface area (TPSA) is 58.2 Å². The highest BCUT2D eigenvalue weighted by Crippen LogP contribution is 2.55. The van der Waals surface area contributed by atoms with Gasteiger partial charge in [0, 0.05) is 12.1 Å². The maximum atomic E-state index is 12.9. The van der Waals surface area contributed by atoms with Gasteiger partial charge < -0.3 is 10.6 Å². The Bertz CT molecular complexity index is 635. The van der Waals surface area contributed by atoms with Crippen molar-refractivity contribution in [2.45, 2.75) is 50.5 Å². The number of hydrogen-bond acceptors (Lipinski definition) is 2. The Balaban J connectivity index is 1.28. The van der Waals surface area contributed by atoms with Gasteiger partial charge in [-0.05, 0) is 80.4 Å². The number of carbonyl (C=O) groups is 2. The van der Waals surface area contributed by atoms with Crippen LogP contribution < -0.4 is 10.6 Å². The fourth-order valence-electron chi connectivity index (χ4n) is 5.61. The summed E-state index contributed by atoms with van der Waals surface area (Å²) in [5.74, 6) is 0.857. The predicted octanol–water partition coefficient (Wildman–Crippen LogP) is 2.57. The van der Waals surface area contributed by atoms with E-state index in [0.717, 1.165) is 42.6 Å². The molecule has 4 aliphatic carbocycles. The molecule has 134 valence electrons. The molecule has 1 aromatic carbocycles. The highest BCUT2D eigenvalue weighted by Gasteiger charge is 2.51. The molecule has 5 heteroatoms. The molecule has 0 aliphatic heterocycles. The molecule has 0 atom stereocenters. The summed E-state index contributed by atoms with van der Waals surface area (Å²) in [6.07, 6.45) is 7.60. The van der Waals surface area contributed by atoms with Gasteiger partial charge in [0.1, 0.15) is 5.82 Å². The zero-order valence-electron chi connectivity index (χ0n) is 14.4. The molecule has 0 unspecified atom stereocenters. The Labute approximate surface area is 147 Å². The van der Waals surface area contributed by atoms with Crippen molar-refractivity contribution in [3.63, 3.8) is 0 Å². The zero-order chi connectivity index (χ0) is 17.4. The summed E-state index contributed by atoms with van der Waals surface area (Å²) < 4.78 is 12.9. The molecule has 4 saturated carbocycles. The minimum absolute atomic E-state index is 0.139. The van der Waals surface area contributed by atoms with E-state index in [0.29, 0.717) is 13.0 Å². The van der Waals surface area contributed by atoms with Gasteiger partial charge in [0.25, 0.3) is 0 Å². The molecule has 4 fully saturated rings. The molecule has 4 nitrogen and oxygen atoms in total. The maximum absolute atomic E-state index is 12.9. The molecule has 25 heavy (non-hydrogen) atoms. The average molecular weight is 344 g/mol. The third kappa shape index (κ3) is 3.55. The van der Waals surface area contributed by atoms with Crippen LogP contribution in [0.5, 0.6) is 0 Å². The molecule has 5 rings (SSSR count). The Hall–Kier alpha value is -1.91. The van der Waals surface area contributed by atoms with E-state index in [1.54, 1.807) is 12.1 Å². The van der Waals surface area contributed by atoms with Crippen molar-refractivity contribution in [1.29, 1.82) is 0 Å². The van der Waals surface area contributed by atoms with E-state index in [9.17, 15) is 14.0 Å². The lowest BCUT2D eigenvalue weighted by Gasteiger charge is -2.56. The van der Waals surface area contributed by atoms with E-state index in [1.807, 2.05) is 0 Å². The Kier molecular flexibility index (Phi) is 4.26. The van der Waals surface area contributed by atoms with Crippen LogP contribution in [0.3, 0.4) is 0 Å². The second-order valence-corrected chi connectivity index (χ2v) is 8.28. The van der Waals surface area contributed by atoms with Crippen molar-refractivity contribution < 1.29 is 14.0 Å². The zero-order valence-corrected chi connectivity index (χ0v) is 14.4. The van der Waals surface area contributed by atoms with Crippen molar-refractivity contribution in [2.24, 2.45) is 17.8 Å². The third-order valence-electron chi connectivity index (χ3n) is 6.24. The molecule has 0 saturated heterocycles. The third-order valence-corrected chi connectivity index (χ3v) is 6.24. The van der Waals surface area contributed by atoms with Crippen molar-refractivity contribution in [2.75, 3.05) is 6.54 Å². The molecule has 2 amide bonds. The van der Waals surface area contributed by atoms with E-state index in [2.05, 4.69) is 10.6 Å². The van der Waals surface area contributed by atoms with Crippen LogP contribution in [0.4, 0.5) is 4.39 Å². The minimum atomic E-state index is -0.558. The summed E-state index contributed by atoms with van der Waals surface area (Å²) in [7, 11) is 0. The van der Waals surface area contributed by atoms with Gasteiger partial charge in [0.15, 0.2) is 0 Å². The summed E-state index contributed by atoms with van der Waals surface area (Å²) >= 11 is 0. The Morgan fingerprint density at radius 2 is 1.52 bits per heavy atom. The quantitative estimate of drug-likeness (QED) is 0.825. The summed E-state index contributed by atoms with van der Waals surface area (Å²) in [5.41, 5.74) is 0.795. The number of carbonyl (C=O) groups excluding carboxylic acids is 2. The van der Waals surface area contributed by atoms with Crippen LogP contribution in [0.15, 0.2) is 24.3 Å².